The van der Waals surface area contributed by atoms with Gasteiger partial charge in [-0.1, -0.05) is 18.2 Å². The fourth-order valence-corrected chi connectivity index (χ4v) is 4.01. The van der Waals surface area contributed by atoms with Crippen molar-refractivity contribution in [3.63, 3.8) is 0 Å². The van der Waals surface area contributed by atoms with Crippen LogP contribution >= 0.6 is 11.3 Å². The summed E-state index contributed by atoms with van der Waals surface area (Å²) < 4.78 is 0. The molecule has 1 amide bonds. The second-order valence-electron chi connectivity index (χ2n) is 6.88. The predicted molar refractivity (Wildman–Crippen MR) is 105 cm³/mol. The maximum absolute atomic E-state index is 12.7. The zero-order valence-electron chi connectivity index (χ0n) is 15.3. The number of nitrogens with zero attached hydrogens (tertiary/aromatic N) is 2. The molecule has 2 aromatic rings. The minimum Gasteiger partial charge on any atom is -0.324 e. The number of nitrogens with one attached hydrogen (secondary N) is 1. The van der Waals surface area contributed by atoms with Crippen molar-refractivity contribution in [2.24, 2.45) is 0 Å². The first-order valence-corrected chi connectivity index (χ1v) is 9.83. The van der Waals surface area contributed by atoms with Crippen molar-refractivity contribution >= 4 is 22.9 Å². The molecule has 134 valence electrons. The molecular weight excluding hydrogens is 330 g/mol. The second kappa shape index (κ2) is 8.13. The van der Waals surface area contributed by atoms with Gasteiger partial charge in [0, 0.05) is 38.4 Å². The van der Waals surface area contributed by atoms with E-state index >= 15 is 0 Å². The predicted octanol–water partition coefficient (Wildman–Crippen LogP) is 3.51. The summed E-state index contributed by atoms with van der Waals surface area (Å²) in [4.78, 5) is 17.4. The molecule has 0 radical (unpaired) electrons. The fraction of sp³-hybridized carbons (Fsp3) is 0.450. The minimum atomic E-state index is -0.109. The highest BCUT2D eigenvalue weighted by Gasteiger charge is 2.26. The Morgan fingerprint density at radius 1 is 1.16 bits per heavy atom. The molecule has 5 heteroatoms. The number of rotatable bonds is 5. The lowest BCUT2D eigenvalue weighted by Gasteiger charge is -2.37. The van der Waals surface area contributed by atoms with Crippen LogP contribution in [0.4, 0.5) is 5.69 Å². The SMILES string of the molecule is Cc1cccc(C)c1NC(=O)C(C)N1CCN(Cc2ccsc2)CC1. The van der Waals surface area contributed by atoms with E-state index in [0.29, 0.717) is 0 Å². The Kier molecular flexibility index (Phi) is 5.89. The summed E-state index contributed by atoms with van der Waals surface area (Å²) in [6, 6.07) is 8.18. The molecule has 25 heavy (non-hydrogen) atoms. The normalized spacial score (nSPS) is 17.4. The summed E-state index contributed by atoms with van der Waals surface area (Å²) in [7, 11) is 0. The standard InChI is InChI=1S/C20H27N3OS/c1-15-5-4-6-16(2)19(15)21-20(24)17(3)23-10-8-22(9-11-23)13-18-7-12-25-14-18/h4-7,12,14,17H,8-11,13H2,1-3H3,(H,21,24). The molecule has 0 saturated carbocycles. The van der Waals surface area contributed by atoms with Crippen molar-refractivity contribution in [2.75, 3.05) is 31.5 Å². The number of amides is 1. The number of carbonyl (C=O) groups excluding carboxylic acids is 1. The van der Waals surface area contributed by atoms with E-state index in [1.165, 1.54) is 5.56 Å². The molecule has 1 N–H and O–H groups in total. The number of hydrogen-bond acceptors (Lipinski definition) is 4. The van der Waals surface area contributed by atoms with E-state index in [4.69, 9.17) is 0 Å². The quantitative estimate of drug-likeness (QED) is 0.889. The van der Waals surface area contributed by atoms with Gasteiger partial charge in [0.1, 0.15) is 0 Å². The van der Waals surface area contributed by atoms with Gasteiger partial charge in [-0.2, -0.15) is 11.3 Å². The molecule has 1 aromatic carbocycles. The topological polar surface area (TPSA) is 35.6 Å². The average molecular weight is 358 g/mol. The highest BCUT2D eigenvalue weighted by molar-refractivity contribution is 7.07. The van der Waals surface area contributed by atoms with Gasteiger partial charge < -0.3 is 5.32 Å². The van der Waals surface area contributed by atoms with Crippen LogP contribution in [-0.2, 0) is 11.3 Å². The highest BCUT2D eigenvalue weighted by Crippen LogP contribution is 2.20. The van der Waals surface area contributed by atoms with Crippen LogP contribution in [0.1, 0.15) is 23.6 Å². The van der Waals surface area contributed by atoms with Crippen LogP contribution in [0.2, 0.25) is 0 Å². The molecule has 0 aliphatic carbocycles. The summed E-state index contributed by atoms with van der Waals surface area (Å²) in [5.41, 5.74) is 4.57. The molecule has 1 aromatic heterocycles. The lowest BCUT2D eigenvalue weighted by Crippen LogP contribution is -2.52. The van der Waals surface area contributed by atoms with Gasteiger partial charge in [0.25, 0.3) is 0 Å². The third-order valence-electron chi connectivity index (χ3n) is 5.05. The van der Waals surface area contributed by atoms with Gasteiger partial charge in [-0.25, -0.2) is 0 Å². The van der Waals surface area contributed by atoms with Crippen LogP contribution < -0.4 is 5.32 Å². The maximum atomic E-state index is 12.7. The molecule has 3 rings (SSSR count). The lowest BCUT2D eigenvalue weighted by molar-refractivity contribution is -0.121. The Morgan fingerprint density at radius 3 is 2.44 bits per heavy atom. The molecule has 2 heterocycles. The molecule has 1 aliphatic heterocycles. The lowest BCUT2D eigenvalue weighted by atomic mass is 10.1. The first kappa shape index (κ1) is 18.1. The van der Waals surface area contributed by atoms with Crippen molar-refractivity contribution < 1.29 is 4.79 Å². The number of anilines is 1. The molecule has 1 fully saturated rings. The Bertz CT molecular complexity index is 685. The average Bonchev–Trinajstić information content (AvgIpc) is 3.11. The highest BCUT2D eigenvalue weighted by atomic mass is 32.1. The van der Waals surface area contributed by atoms with Crippen LogP contribution in [0.5, 0.6) is 0 Å². The molecule has 1 saturated heterocycles. The van der Waals surface area contributed by atoms with Crippen molar-refractivity contribution in [3.8, 4) is 0 Å². The zero-order chi connectivity index (χ0) is 17.8. The van der Waals surface area contributed by atoms with Crippen molar-refractivity contribution in [1.29, 1.82) is 0 Å². The van der Waals surface area contributed by atoms with E-state index in [-0.39, 0.29) is 11.9 Å². The third kappa shape index (κ3) is 4.48. The van der Waals surface area contributed by atoms with Crippen LogP contribution in [0.3, 0.4) is 0 Å². The fourth-order valence-electron chi connectivity index (χ4n) is 3.35. The van der Waals surface area contributed by atoms with Gasteiger partial charge >= 0.3 is 0 Å². The maximum Gasteiger partial charge on any atom is 0.241 e. The van der Waals surface area contributed by atoms with E-state index in [2.05, 4.69) is 31.9 Å². The molecule has 0 spiro atoms. The van der Waals surface area contributed by atoms with Gasteiger partial charge in [-0.3, -0.25) is 14.6 Å². The largest absolute Gasteiger partial charge is 0.324 e. The Labute approximate surface area is 154 Å². The van der Waals surface area contributed by atoms with Crippen LogP contribution in [-0.4, -0.2) is 47.9 Å². The number of benzene rings is 1. The number of piperazine rings is 1. The number of para-hydroxylation sites is 1. The van der Waals surface area contributed by atoms with Gasteiger partial charge in [-0.15, -0.1) is 0 Å². The third-order valence-corrected chi connectivity index (χ3v) is 5.78. The van der Waals surface area contributed by atoms with Crippen LogP contribution in [0, 0.1) is 13.8 Å². The molecule has 1 aliphatic rings. The Hall–Kier alpha value is -1.69. The monoisotopic (exact) mass is 357 g/mol. The first-order chi connectivity index (χ1) is 12.0. The molecule has 4 nitrogen and oxygen atoms in total. The molecular formula is C20H27N3OS. The van der Waals surface area contributed by atoms with E-state index in [0.717, 1.165) is 49.5 Å². The van der Waals surface area contributed by atoms with Gasteiger partial charge in [0.05, 0.1) is 6.04 Å². The number of aryl methyl sites for hydroxylation is 2. The minimum absolute atomic E-state index is 0.0867. The van der Waals surface area contributed by atoms with Crippen molar-refractivity contribution in [1.82, 2.24) is 9.80 Å². The summed E-state index contributed by atoms with van der Waals surface area (Å²) in [6.45, 7) is 11.0. The Morgan fingerprint density at radius 2 is 1.84 bits per heavy atom. The number of thiophene rings is 1. The van der Waals surface area contributed by atoms with E-state index < -0.39 is 0 Å². The first-order valence-electron chi connectivity index (χ1n) is 8.89. The number of hydrogen-bond donors (Lipinski definition) is 1. The second-order valence-corrected chi connectivity index (χ2v) is 7.66. The molecule has 1 unspecified atom stereocenters. The summed E-state index contributed by atoms with van der Waals surface area (Å²) in [6.07, 6.45) is 0. The summed E-state index contributed by atoms with van der Waals surface area (Å²) >= 11 is 1.75. The smallest absolute Gasteiger partial charge is 0.241 e. The van der Waals surface area contributed by atoms with Gasteiger partial charge in [-0.05, 0) is 54.3 Å². The zero-order valence-corrected chi connectivity index (χ0v) is 16.1. The van der Waals surface area contributed by atoms with Crippen molar-refractivity contribution in [2.45, 2.75) is 33.4 Å². The number of carbonyl (C=O) groups is 1. The van der Waals surface area contributed by atoms with Crippen LogP contribution in [0.25, 0.3) is 0 Å². The van der Waals surface area contributed by atoms with Gasteiger partial charge in [0.2, 0.25) is 5.91 Å². The van der Waals surface area contributed by atoms with Crippen LogP contribution in [0.15, 0.2) is 35.0 Å². The molecule has 0 bridgehead atoms. The summed E-state index contributed by atoms with van der Waals surface area (Å²) in [5, 5.41) is 7.48. The molecule has 1 atom stereocenters. The van der Waals surface area contributed by atoms with E-state index in [9.17, 15) is 4.79 Å². The van der Waals surface area contributed by atoms with Gasteiger partial charge in [0.15, 0.2) is 0 Å². The van der Waals surface area contributed by atoms with Crippen molar-refractivity contribution in [3.05, 3.63) is 51.7 Å². The Balaban J connectivity index is 1.53. The van der Waals surface area contributed by atoms with E-state index in [1.54, 1.807) is 11.3 Å². The summed E-state index contributed by atoms with van der Waals surface area (Å²) in [5.74, 6) is 0.0867. The van der Waals surface area contributed by atoms with E-state index in [1.807, 2.05) is 39.0 Å².